The van der Waals surface area contributed by atoms with Crippen molar-refractivity contribution in [3.05, 3.63) is 0 Å². The molecule has 1 atom stereocenters. The molecule has 1 fully saturated rings. The Morgan fingerprint density at radius 3 is 2.75 bits per heavy atom. The van der Waals surface area contributed by atoms with Gasteiger partial charge >= 0.3 is 0 Å². The van der Waals surface area contributed by atoms with Gasteiger partial charge in [0.15, 0.2) is 0 Å². The molecule has 1 saturated carbocycles. The number of aliphatic hydroxyl groups excluding tert-OH is 1. The molecular formula is C12H22N2OS. The van der Waals surface area contributed by atoms with Crippen LogP contribution in [0.25, 0.3) is 0 Å². The summed E-state index contributed by atoms with van der Waals surface area (Å²) in [5, 5.41) is 21.4. The first-order valence-corrected chi connectivity index (χ1v) is 7.29. The van der Waals surface area contributed by atoms with Gasteiger partial charge in [0.2, 0.25) is 0 Å². The molecule has 0 heterocycles. The normalized spacial score (nSPS) is 19.1. The maximum absolute atomic E-state index is 9.30. The fourth-order valence-electron chi connectivity index (χ4n) is 1.78. The number of nitrogens with one attached hydrogen (secondary N) is 1. The van der Waals surface area contributed by atoms with Gasteiger partial charge in [-0.05, 0) is 37.9 Å². The van der Waals surface area contributed by atoms with Gasteiger partial charge in [0.05, 0.1) is 12.7 Å². The third kappa shape index (κ3) is 4.73. The second-order valence-electron chi connectivity index (χ2n) is 4.41. The lowest BCUT2D eigenvalue weighted by atomic mass is 9.92. The highest BCUT2D eigenvalue weighted by molar-refractivity contribution is 7.99. The Balaban J connectivity index is 2.23. The average molecular weight is 242 g/mol. The maximum atomic E-state index is 9.30. The predicted molar refractivity (Wildman–Crippen MR) is 68.4 cm³/mol. The van der Waals surface area contributed by atoms with Crippen molar-refractivity contribution in [1.29, 1.82) is 5.26 Å². The van der Waals surface area contributed by atoms with E-state index < -0.39 is 0 Å². The van der Waals surface area contributed by atoms with E-state index in [2.05, 4.69) is 18.3 Å². The number of aliphatic hydroxyl groups is 1. The topological polar surface area (TPSA) is 56.0 Å². The summed E-state index contributed by atoms with van der Waals surface area (Å²) >= 11 is 1.76. The number of nitriles is 1. The molecule has 0 aromatic rings. The molecule has 2 N–H and O–H groups in total. The van der Waals surface area contributed by atoms with Crippen LogP contribution in [0.2, 0.25) is 0 Å². The molecule has 0 aromatic carbocycles. The zero-order chi connectivity index (χ0) is 11.9. The van der Waals surface area contributed by atoms with Gasteiger partial charge in [0.25, 0.3) is 0 Å². The molecule has 92 valence electrons. The molecule has 0 saturated heterocycles. The quantitative estimate of drug-likeness (QED) is 0.607. The molecule has 1 unspecified atom stereocenters. The van der Waals surface area contributed by atoms with Crippen LogP contribution in [0.4, 0.5) is 0 Å². The van der Waals surface area contributed by atoms with Gasteiger partial charge in [-0.1, -0.05) is 6.92 Å². The van der Waals surface area contributed by atoms with Crippen LogP contribution >= 0.6 is 11.8 Å². The molecule has 1 aliphatic rings. The van der Waals surface area contributed by atoms with E-state index in [4.69, 9.17) is 5.11 Å². The summed E-state index contributed by atoms with van der Waals surface area (Å²) in [6.45, 7) is 2.33. The number of hydrogen-bond donors (Lipinski definition) is 2. The fraction of sp³-hybridized carbons (Fsp3) is 0.917. The summed E-state index contributed by atoms with van der Waals surface area (Å²) < 4.78 is 0. The van der Waals surface area contributed by atoms with Crippen LogP contribution in [0.15, 0.2) is 0 Å². The lowest BCUT2D eigenvalue weighted by Crippen LogP contribution is -2.44. The average Bonchev–Trinajstić information content (AvgIpc) is 3.11. The number of thioether (sulfide) groups is 1. The zero-order valence-corrected chi connectivity index (χ0v) is 10.9. The molecule has 0 amide bonds. The van der Waals surface area contributed by atoms with Crippen LogP contribution in [0.3, 0.4) is 0 Å². The minimum absolute atomic E-state index is 0.252. The molecule has 1 rings (SSSR count). The third-order valence-corrected chi connectivity index (χ3v) is 4.05. The van der Waals surface area contributed by atoms with Crippen LogP contribution in [0.1, 0.15) is 39.0 Å². The maximum Gasteiger partial charge on any atom is 0.106 e. The highest BCUT2D eigenvalue weighted by Gasteiger charge is 2.34. The minimum atomic E-state index is -0.305. The van der Waals surface area contributed by atoms with Crippen molar-refractivity contribution in [2.75, 3.05) is 18.1 Å². The summed E-state index contributed by atoms with van der Waals surface area (Å²) in [7, 11) is 0. The standard InChI is InChI=1S/C12H22N2OS/c1-2-12(10-13,14-11-4-5-11)6-3-8-16-9-7-15/h11,14-15H,2-9H2,1H3. The first kappa shape index (κ1) is 13.8. The SMILES string of the molecule is CCC(C#N)(CCCSCCO)NC1CC1. The Bertz CT molecular complexity index is 238. The Morgan fingerprint density at radius 2 is 2.25 bits per heavy atom. The van der Waals surface area contributed by atoms with Crippen LogP contribution in [-0.2, 0) is 0 Å². The molecule has 4 heteroatoms. The van der Waals surface area contributed by atoms with Crippen molar-refractivity contribution in [3.63, 3.8) is 0 Å². The van der Waals surface area contributed by atoms with Crippen LogP contribution in [0.5, 0.6) is 0 Å². The molecule has 0 aliphatic heterocycles. The monoisotopic (exact) mass is 242 g/mol. The van der Waals surface area contributed by atoms with Gasteiger partial charge in [-0.2, -0.15) is 17.0 Å². The third-order valence-electron chi connectivity index (χ3n) is 3.00. The number of nitrogens with zero attached hydrogens (tertiary/aromatic N) is 1. The molecule has 1 aliphatic carbocycles. The van der Waals surface area contributed by atoms with Gasteiger partial charge in [-0.15, -0.1) is 0 Å². The first-order valence-electron chi connectivity index (χ1n) is 6.14. The lowest BCUT2D eigenvalue weighted by molar-refractivity contribution is 0.322. The number of rotatable bonds is 9. The molecule has 0 spiro atoms. The number of hydrogen-bond acceptors (Lipinski definition) is 4. The summed E-state index contributed by atoms with van der Waals surface area (Å²) in [4.78, 5) is 0. The minimum Gasteiger partial charge on any atom is -0.396 e. The highest BCUT2D eigenvalue weighted by Crippen LogP contribution is 2.27. The highest BCUT2D eigenvalue weighted by atomic mass is 32.2. The largest absolute Gasteiger partial charge is 0.396 e. The zero-order valence-electron chi connectivity index (χ0n) is 10.0. The molecule has 0 bridgehead atoms. The Morgan fingerprint density at radius 1 is 1.50 bits per heavy atom. The fourth-order valence-corrected chi connectivity index (χ4v) is 2.46. The first-order chi connectivity index (χ1) is 7.76. The van der Waals surface area contributed by atoms with Crippen LogP contribution in [0, 0.1) is 11.3 Å². The molecule has 16 heavy (non-hydrogen) atoms. The summed E-state index contributed by atoms with van der Waals surface area (Å²) in [6, 6.07) is 3.05. The van der Waals surface area contributed by atoms with Crippen molar-refractivity contribution in [2.45, 2.75) is 50.6 Å². The van der Waals surface area contributed by atoms with E-state index in [0.717, 1.165) is 30.8 Å². The molecule has 0 radical (unpaired) electrons. The smallest absolute Gasteiger partial charge is 0.106 e. The van der Waals surface area contributed by atoms with Gasteiger partial charge < -0.3 is 5.11 Å². The summed E-state index contributed by atoms with van der Waals surface area (Å²) in [5.41, 5.74) is -0.305. The van der Waals surface area contributed by atoms with Crippen molar-refractivity contribution in [1.82, 2.24) is 5.32 Å². The van der Waals surface area contributed by atoms with E-state index in [0.29, 0.717) is 6.04 Å². The van der Waals surface area contributed by atoms with E-state index in [1.807, 2.05) is 0 Å². The Labute approximate surface area is 103 Å². The molecule has 0 aromatic heterocycles. The second-order valence-corrected chi connectivity index (χ2v) is 5.63. The van der Waals surface area contributed by atoms with Gasteiger partial charge in [-0.3, -0.25) is 5.32 Å². The summed E-state index contributed by atoms with van der Waals surface area (Å²) in [5.74, 6) is 1.85. The van der Waals surface area contributed by atoms with Crippen LogP contribution in [-0.4, -0.2) is 34.8 Å². The van der Waals surface area contributed by atoms with E-state index in [1.54, 1.807) is 11.8 Å². The molecular weight excluding hydrogens is 220 g/mol. The lowest BCUT2D eigenvalue weighted by Gasteiger charge is -2.26. The van der Waals surface area contributed by atoms with Crippen molar-refractivity contribution in [2.24, 2.45) is 0 Å². The van der Waals surface area contributed by atoms with E-state index in [-0.39, 0.29) is 12.1 Å². The summed E-state index contributed by atoms with van der Waals surface area (Å²) in [6.07, 6.45) is 5.30. The Kier molecular flexibility index (Phi) is 6.18. The second kappa shape index (κ2) is 7.16. The Hall–Kier alpha value is -0.240. The van der Waals surface area contributed by atoms with Gasteiger partial charge in [0.1, 0.15) is 5.54 Å². The van der Waals surface area contributed by atoms with Crippen LogP contribution < -0.4 is 5.32 Å². The van der Waals surface area contributed by atoms with E-state index in [9.17, 15) is 5.26 Å². The predicted octanol–water partition coefficient (Wildman–Crippen LogP) is 1.92. The van der Waals surface area contributed by atoms with Crippen molar-refractivity contribution < 1.29 is 5.11 Å². The van der Waals surface area contributed by atoms with E-state index in [1.165, 1.54) is 12.8 Å². The van der Waals surface area contributed by atoms with Gasteiger partial charge in [0, 0.05) is 11.8 Å². The van der Waals surface area contributed by atoms with E-state index >= 15 is 0 Å². The van der Waals surface area contributed by atoms with Crippen molar-refractivity contribution >= 4 is 11.8 Å². The van der Waals surface area contributed by atoms with Crippen molar-refractivity contribution in [3.8, 4) is 6.07 Å². The molecule has 3 nitrogen and oxygen atoms in total. The van der Waals surface area contributed by atoms with Gasteiger partial charge in [-0.25, -0.2) is 0 Å².